The smallest absolute Gasteiger partial charge is 0.198 e. The number of rotatable bonds is 3. The maximum Gasteiger partial charge on any atom is 0.198 e. The standard InChI is InChI=1S/C16H16N2O/c1-11(10-12-6-8-13(17)9-7-12)16-18-14-4-2-3-5-15(14)19-16/h2-9,11H,10,17H2,1H3. The molecular weight excluding hydrogens is 236 g/mol. The van der Waals surface area contributed by atoms with Gasteiger partial charge in [-0.2, -0.15) is 0 Å². The highest BCUT2D eigenvalue weighted by molar-refractivity contribution is 5.72. The lowest BCUT2D eigenvalue weighted by molar-refractivity contribution is 0.484. The number of aromatic nitrogens is 1. The van der Waals surface area contributed by atoms with E-state index in [1.54, 1.807) is 0 Å². The number of para-hydroxylation sites is 2. The summed E-state index contributed by atoms with van der Waals surface area (Å²) in [5, 5.41) is 0. The lowest BCUT2D eigenvalue weighted by atomic mass is 10.0. The third-order valence-corrected chi connectivity index (χ3v) is 3.25. The second-order valence-electron chi connectivity index (χ2n) is 4.87. The number of oxazole rings is 1. The van der Waals surface area contributed by atoms with Crippen LogP contribution in [0.2, 0.25) is 0 Å². The van der Waals surface area contributed by atoms with Crippen LogP contribution in [0.4, 0.5) is 5.69 Å². The second kappa shape index (κ2) is 4.76. The highest BCUT2D eigenvalue weighted by Crippen LogP contribution is 2.24. The normalized spacial score (nSPS) is 12.7. The molecule has 0 amide bonds. The Morgan fingerprint density at radius 3 is 2.58 bits per heavy atom. The van der Waals surface area contributed by atoms with Crippen LogP contribution in [0.25, 0.3) is 11.1 Å². The maximum absolute atomic E-state index is 5.79. The van der Waals surface area contributed by atoms with Crippen LogP contribution in [0.1, 0.15) is 24.3 Å². The third-order valence-electron chi connectivity index (χ3n) is 3.25. The molecule has 0 aliphatic heterocycles. The van der Waals surface area contributed by atoms with E-state index in [0.717, 1.165) is 29.1 Å². The summed E-state index contributed by atoms with van der Waals surface area (Å²) in [5.74, 6) is 1.04. The topological polar surface area (TPSA) is 52.0 Å². The van der Waals surface area contributed by atoms with Crippen LogP contribution < -0.4 is 5.73 Å². The SMILES string of the molecule is CC(Cc1ccc(N)cc1)c1nc2ccccc2o1. The van der Waals surface area contributed by atoms with Crippen LogP contribution in [-0.4, -0.2) is 4.98 Å². The van der Waals surface area contributed by atoms with Gasteiger partial charge in [0.1, 0.15) is 5.52 Å². The van der Waals surface area contributed by atoms with E-state index in [4.69, 9.17) is 10.2 Å². The monoisotopic (exact) mass is 252 g/mol. The Morgan fingerprint density at radius 1 is 1.11 bits per heavy atom. The van der Waals surface area contributed by atoms with Crippen LogP contribution in [0.3, 0.4) is 0 Å². The van der Waals surface area contributed by atoms with Gasteiger partial charge in [-0.15, -0.1) is 0 Å². The van der Waals surface area contributed by atoms with Crippen LogP contribution in [0.5, 0.6) is 0 Å². The van der Waals surface area contributed by atoms with Crippen molar-refractivity contribution in [2.75, 3.05) is 5.73 Å². The molecule has 0 saturated carbocycles. The minimum absolute atomic E-state index is 0.246. The van der Waals surface area contributed by atoms with Gasteiger partial charge in [0.05, 0.1) is 0 Å². The highest BCUT2D eigenvalue weighted by atomic mass is 16.3. The van der Waals surface area contributed by atoms with E-state index in [2.05, 4.69) is 24.0 Å². The summed E-state index contributed by atoms with van der Waals surface area (Å²) in [6.45, 7) is 2.13. The van der Waals surface area contributed by atoms with Crippen LogP contribution >= 0.6 is 0 Å². The van der Waals surface area contributed by atoms with Crippen molar-refractivity contribution >= 4 is 16.8 Å². The summed E-state index contributed by atoms with van der Waals surface area (Å²) < 4.78 is 5.79. The minimum atomic E-state index is 0.246. The van der Waals surface area contributed by atoms with E-state index in [9.17, 15) is 0 Å². The molecule has 2 N–H and O–H groups in total. The van der Waals surface area contributed by atoms with E-state index < -0.39 is 0 Å². The van der Waals surface area contributed by atoms with Crippen molar-refractivity contribution in [1.29, 1.82) is 0 Å². The maximum atomic E-state index is 5.79. The molecule has 0 bridgehead atoms. The molecule has 0 radical (unpaired) electrons. The zero-order chi connectivity index (χ0) is 13.2. The van der Waals surface area contributed by atoms with Gasteiger partial charge >= 0.3 is 0 Å². The van der Waals surface area contributed by atoms with Gasteiger partial charge in [-0.1, -0.05) is 31.2 Å². The summed E-state index contributed by atoms with van der Waals surface area (Å²) in [6.07, 6.45) is 0.896. The summed E-state index contributed by atoms with van der Waals surface area (Å²) in [7, 11) is 0. The first-order chi connectivity index (χ1) is 9.22. The third kappa shape index (κ3) is 2.45. The number of nitrogen functional groups attached to an aromatic ring is 1. The van der Waals surface area contributed by atoms with Crippen molar-refractivity contribution < 1.29 is 4.42 Å². The van der Waals surface area contributed by atoms with Gasteiger partial charge in [-0.25, -0.2) is 4.98 Å². The summed E-state index contributed by atoms with van der Waals surface area (Å²) in [6, 6.07) is 15.8. The van der Waals surface area contributed by atoms with Gasteiger partial charge in [0.2, 0.25) is 0 Å². The first kappa shape index (κ1) is 11.8. The Morgan fingerprint density at radius 2 is 1.84 bits per heavy atom. The van der Waals surface area contributed by atoms with E-state index >= 15 is 0 Å². The zero-order valence-electron chi connectivity index (χ0n) is 10.8. The lowest BCUT2D eigenvalue weighted by Crippen LogP contribution is -1.99. The van der Waals surface area contributed by atoms with Crippen molar-refractivity contribution in [2.24, 2.45) is 0 Å². The number of hydrogen-bond acceptors (Lipinski definition) is 3. The Bertz CT molecular complexity index is 652. The van der Waals surface area contributed by atoms with Crippen molar-refractivity contribution in [1.82, 2.24) is 4.98 Å². The Kier molecular flexibility index (Phi) is 2.95. The first-order valence-corrected chi connectivity index (χ1v) is 6.42. The Labute approximate surface area is 112 Å². The van der Waals surface area contributed by atoms with Crippen molar-refractivity contribution in [3.05, 3.63) is 60.0 Å². The Balaban J connectivity index is 1.83. The van der Waals surface area contributed by atoms with E-state index in [1.807, 2.05) is 36.4 Å². The molecular formula is C16H16N2O. The fraction of sp³-hybridized carbons (Fsp3) is 0.188. The van der Waals surface area contributed by atoms with Crippen LogP contribution in [-0.2, 0) is 6.42 Å². The van der Waals surface area contributed by atoms with Crippen LogP contribution in [0.15, 0.2) is 52.9 Å². The molecule has 2 aromatic carbocycles. The summed E-state index contributed by atoms with van der Waals surface area (Å²) in [4.78, 5) is 4.53. The van der Waals surface area contributed by atoms with Gasteiger partial charge in [-0.3, -0.25) is 0 Å². The molecule has 96 valence electrons. The van der Waals surface area contributed by atoms with Crippen molar-refractivity contribution in [3.63, 3.8) is 0 Å². The molecule has 0 aliphatic carbocycles. The second-order valence-corrected chi connectivity index (χ2v) is 4.87. The van der Waals surface area contributed by atoms with Gasteiger partial charge < -0.3 is 10.2 Å². The first-order valence-electron chi connectivity index (χ1n) is 6.42. The molecule has 3 heteroatoms. The zero-order valence-corrected chi connectivity index (χ0v) is 10.8. The number of fused-ring (bicyclic) bond motifs is 1. The lowest BCUT2D eigenvalue weighted by Gasteiger charge is -2.07. The van der Waals surface area contributed by atoms with Crippen LogP contribution in [0, 0.1) is 0 Å². The number of nitrogens with two attached hydrogens (primary N) is 1. The summed E-state index contributed by atoms with van der Waals surface area (Å²) >= 11 is 0. The van der Waals surface area contributed by atoms with Gasteiger partial charge in [0.15, 0.2) is 11.5 Å². The molecule has 0 fully saturated rings. The molecule has 3 rings (SSSR count). The summed E-state index contributed by atoms with van der Waals surface area (Å²) in [5.41, 5.74) is 9.49. The van der Waals surface area contributed by atoms with E-state index in [1.165, 1.54) is 5.56 Å². The molecule has 1 heterocycles. The van der Waals surface area contributed by atoms with Gasteiger partial charge in [0, 0.05) is 11.6 Å². The fourth-order valence-corrected chi connectivity index (χ4v) is 2.20. The number of hydrogen-bond donors (Lipinski definition) is 1. The number of nitrogens with zero attached hydrogens (tertiary/aromatic N) is 1. The quantitative estimate of drug-likeness (QED) is 0.722. The fourth-order valence-electron chi connectivity index (χ4n) is 2.20. The average Bonchev–Trinajstić information content (AvgIpc) is 2.85. The molecule has 19 heavy (non-hydrogen) atoms. The molecule has 0 aliphatic rings. The Hall–Kier alpha value is -2.29. The van der Waals surface area contributed by atoms with E-state index in [-0.39, 0.29) is 5.92 Å². The number of benzene rings is 2. The molecule has 1 atom stereocenters. The highest BCUT2D eigenvalue weighted by Gasteiger charge is 2.13. The van der Waals surface area contributed by atoms with Gasteiger partial charge in [0.25, 0.3) is 0 Å². The molecule has 3 aromatic rings. The number of anilines is 1. The largest absolute Gasteiger partial charge is 0.440 e. The molecule has 1 aromatic heterocycles. The van der Waals surface area contributed by atoms with Crippen molar-refractivity contribution in [2.45, 2.75) is 19.3 Å². The minimum Gasteiger partial charge on any atom is -0.440 e. The predicted molar refractivity (Wildman–Crippen MR) is 77.0 cm³/mol. The van der Waals surface area contributed by atoms with E-state index in [0.29, 0.717) is 0 Å². The molecule has 1 unspecified atom stereocenters. The molecule has 0 saturated heterocycles. The van der Waals surface area contributed by atoms with Crippen molar-refractivity contribution in [3.8, 4) is 0 Å². The predicted octanol–water partition coefficient (Wildman–Crippen LogP) is 3.76. The molecule has 3 nitrogen and oxygen atoms in total. The average molecular weight is 252 g/mol. The van der Waals surface area contributed by atoms with Gasteiger partial charge in [-0.05, 0) is 36.2 Å². The molecule has 0 spiro atoms.